The Morgan fingerprint density at radius 1 is 1.40 bits per heavy atom. The second-order valence-electron chi connectivity index (χ2n) is 3.46. The molecule has 1 unspecified atom stereocenters. The van der Waals surface area contributed by atoms with Crippen molar-refractivity contribution in [1.82, 2.24) is 0 Å². The van der Waals surface area contributed by atoms with E-state index in [1.165, 1.54) is 6.07 Å². The number of hydrogen-bond acceptors (Lipinski definition) is 2. The number of ether oxygens (including phenoxy) is 1. The van der Waals surface area contributed by atoms with Gasteiger partial charge in [0.1, 0.15) is 11.9 Å². The van der Waals surface area contributed by atoms with Crippen molar-refractivity contribution >= 4 is 0 Å². The molecule has 2 rings (SSSR count). The Balaban J connectivity index is 2.42. The van der Waals surface area contributed by atoms with E-state index < -0.39 is 11.7 Å². The van der Waals surface area contributed by atoms with Crippen molar-refractivity contribution < 1.29 is 17.9 Å². The van der Waals surface area contributed by atoms with E-state index in [1.54, 1.807) is 6.07 Å². The van der Waals surface area contributed by atoms with Crippen molar-refractivity contribution in [1.29, 1.82) is 0 Å². The van der Waals surface area contributed by atoms with Gasteiger partial charge in [-0.2, -0.15) is 13.2 Å². The molecule has 5 heteroatoms. The highest BCUT2D eigenvalue weighted by molar-refractivity contribution is 5.45. The van der Waals surface area contributed by atoms with Crippen LogP contribution in [0.25, 0.3) is 0 Å². The molecule has 2 N–H and O–H groups in total. The number of rotatable bonds is 1. The van der Waals surface area contributed by atoms with Gasteiger partial charge in [-0.25, -0.2) is 0 Å². The molecule has 0 saturated carbocycles. The first-order valence-corrected chi connectivity index (χ1v) is 4.58. The van der Waals surface area contributed by atoms with Gasteiger partial charge in [-0.1, -0.05) is 6.07 Å². The fraction of sp³-hybridized carbons (Fsp3) is 0.400. The minimum Gasteiger partial charge on any atom is -0.488 e. The second kappa shape index (κ2) is 3.41. The van der Waals surface area contributed by atoms with Crippen LogP contribution in [-0.2, 0) is 12.6 Å². The Labute approximate surface area is 84.8 Å². The summed E-state index contributed by atoms with van der Waals surface area (Å²) in [4.78, 5) is 0. The zero-order valence-electron chi connectivity index (χ0n) is 7.84. The van der Waals surface area contributed by atoms with E-state index in [-0.39, 0.29) is 24.6 Å². The summed E-state index contributed by atoms with van der Waals surface area (Å²) in [5.41, 5.74) is 4.97. The standard InChI is InChI=1S/C10H10F3NO/c11-10(12,13)8-2-1-3-9-7(8)4-6(5-14)15-9/h1-3,6H,4-5,14H2. The molecule has 82 valence electrons. The summed E-state index contributed by atoms with van der Waals surface area (Å²) in [5, 5.41) is 0. The molecule has 0 radical (unpaired) electrons. The largest absolute Gasteiger partial charge is 0.488 e. The fourth-order valence-electron chi connectivity index (χ4n) is 1.73. The van der Waals surface area contributed by atoms with Gasteiger partial charge in [0, 0.05) is 18.5 Å². The van der Waals surface area contributed by atoms with Crippen molar-refractivity contribution in [3.8, 4) is 5.75 Å². The monoisotopic (exact) mass is 217 g/mol. The third-order valence-corrected chi connectivity index (χ3v) is 2.43. The van der Waals surface area contributed by atoms with Crippen LogP contribution < -0.4 is 10.5 Å². The number of nitrogens with two attached hydrogens (primary N) is 1. The Hall–Kier alpha value is -1.23. The Kier molecular flexibility index (Phi) is 2.34. The molecular weight excluding hydrogens is 207 g/mol. The third kappa shape index (κ3) is 1.79. The van der Waals surface area contributed by atoms with Gasteiger partial charge in [-0.15, -0.1) is 0 Å². The lowest BCUT2D eigenvalue weighted by atomic mass is 10.0. The zero-order chi connectivity index (χ0) is 11.1. The first-order chi connectivity index (χ1) is 7.02. The van der Waals surface area contributed by atoms with Crippen molar-refractivity contribution in [2.24, 2.45) is 5.73 Å². The molecule has 1 aliphatic rings. The molecule has 1 atom stereocenters. The van der Waals surface area contributed by atoms with Gasteiger partial charge in [0.2, 0.25) is 0 Å². The third-order valence-electron chi connectivity index (χ3n) is 2.43. The first kappa shape index (κ1) is 10.3. The van der Waals surface area contributed by atoms with E-state index >= 15 is 0 Å². The van der Waals surface area contributed by atoms with Crippen LogP contribution in [0.1, 0.15) is 11.1 Å². The van der Waals surface area contributed by atoms with Crippen LogP contribution in [0.3, 0.4) is 0 Å². The maximum Gasteiger partial charge on any atom is 0.416 e. The number of alkyl halides is 3. The highest BCUT2D eigenvalue weighted by Crippen LogP contribution is 2.39. The molecule has 15 heavy (non-hydrogen) atoms. The molecule has 0 amide bonds. The average Bonchev–Trinajstić information content (AvgIpc) is 2.57. The summed E-state index contributed by atoms with van der Waals surface area (Å²) < 4.78 is 43.0. The highest BCUT2D eigenvalue weighted by Gasteiger charge is 2.37. The van der Waals surface area contributed by atoms with Crippen molar-refractivity contribution in [3.63, 3.8) is 0 Å². The molecule has 0 bridgehead atoms. The van der Waals surface area contributed by atoms with Crippen LogP contribution in [0.5, 0.6) is 5.75 Å². The van der Waals surface area contributed by atoms with Crippen LogP contribution in [0, 0.1) is 0 Å². The van der Waals surface area contributed by atoms with E-state index in [9.17, 15) is 13.2 Å². The summed E-state index contributed by atoms with van der Waals surface area (Å²) in [5.74, 6) is 0.306. The smallest absolute Gasteiger partial charge is 0.416 e. The summed E-state index contributed by atoms with van der Waals surface area (Å²) in [6.45, 7) is 0.228. The molecule has 0 spiro atoms. The van der Waals surface area contributed by atoms with E-state index in [1.807, 2.05) is 0 Å². The summed E-state index contributed by atoms with van der Waals surface area (Å²) in [7, 11) is 0. The van der Waals surface area contributed by atoms with Crippen molar-refractivity contribution in [2.45, 2.75) is 18.7 Å². The lowest BCUT2D eigenvalue weighted by molar-refractivity contribution is -0.138. The van der Waals surface area contributed by atoms with Crippen LogP contribution in [-0.4, -0.2) is 12.6 Å². The number of hydrogen-bond donors (Lipinski definition) is 1. The van der Waals surface area contributed by atoms with Gasteiger partial charge in [0.05, 0.1) is 5.56 Å². The SMILES string of the molecule is NCC1Cc2c(cccc2C(F)(F)F)O1. The zero-order valence-corrected chi connectivity index (χ0v) is 7.84. The van der Waals surface area contributed by atoms with E-state index in [0.717, 1.165) is 6.07 Å². The molecule has 0 aliphatic carbocycles. The lowest BCUT2D eigenvalue weighted by Gasteiger charge is -2.09. The fourth-order valence-corrected chi connectivity index (χ4v) is 1.73. The van der Waals surface area contributed by atoms with Gasteiger partial charge >= 0.3 is 6.18 Å². The molecule has 0 fully saturated rings. The van der Waals surface area contributed by atoms with Crippen LogP contribution in [0.15, 0.2) is 18.2 Å². The summed E-state index contributed by atoms with van der Waals surface area (Å²) >= 11 is 0. The molecule has 1 heterocycles. The molecule has 2 nitrogen and oxygen atoms in total. The summed E-state index contributed by atoms with van der Waals surface area (Å²) in [6, 6.07) is 3.96. The lowest BCUT2D eigenvalue weighted by Crippen LogP contribution is -2.24. The minimum atomic E-state index is -4.32. The Morgan fingerprint density at radius 2 is 2.13 bits per heavy atom. The molecule has 0 saturated heterocycles. The van der Waals surface area contributed by atoms with Gasteiger partial charge in [-0.3, -0.25) is 0 Å². The molecule has 1 aromatic carbocycles. The number of fused-ring (bicyclic) bond motifs is 1. The molecule has 0 aromatic heterocycles. The van der Waals surface area contributed by atoms with Gasteiger partial charge < -0.3 is 10.5 Å². The minimum absolute atomic E-state index is 0.223. The molecular formula is C10H10F3NO. The highest BCUT2D eigenvalue weighted by atomic mass is 19.4. The first-order valence-electron chi connectivity index (χ1n) is 4.58. The normalized spacial score (nSPS) is 19.9. The van der Waals surface area contributed by atoms with Crippen molar-refractivity contribution in [3.05, 3.63) is 29.3 Å². The Morgan fingerprint density at radius 3 is 2.73 bits per heavy atom. The predicted molar refractivity (Wildman–Crippen MR) is 48.6 cm³/mol. The van der Waals surface area contributed by atoms with Crippen LogP contribution in [0.4, 0.5) is 13.2 Å². The van der Waals surface area contributed by atoms with Crippen molar-refractivity contribution in [2.75, 3.05) is 6.54 Å². The average molecular weight is 217 g/mol. The topological polar surface area (TPSA) is 35.2 Å². The van der Waals surface area contributed by atoms with E-state index in [0.29, 0.717) is 5.75 Å². The summed E-state index contributed by atoms with van der Waals surface area (Å²) in [6.07, 6.45) is -4.41. The van der Waals surface area contributed by atoms with Crippen LogP contribution in [0.2, 0.25) is 0 Å². The van der Waals surface area contributed by atoms with E-state index in [4.69, 9.17) is 10.5 Å². The van der Waals surface area contributed by atoms with E-state index in [2.05, 4.69) is 0 Å². The quantitative estimate of drug-likeness (QED) is 0.780. The Bertz CT molecular complexity index is 375. The second-order valence-corrected chi connectivity index (χ2v) is 3.46. The van der Waals surface area contributed by atoms with Crippen LogP contribution >= 0.6 is 0 Å². The molecule has 1 aromatic rings. The van der Waals surface area contributed by atoms with Gasteiger partial charge in [0.15, 0.2) is 0 Å². The maximum atomic E-state index is 12.6. The number of halogens is 3. The van der Waals surface area contributed by atoms with Gasteiger partial charge in [0.25, 0.3) is 0 Å². The maximum absolute atomic E-state index is 12.6. The van der Waals surface area contributed by atoms with Gasteiger partial charge in [-0.05, 0) is 12.1 Å². The number of benzene rings is 1. The molecule has 1 aliphatic heterocycles. The predicted octanol–water partition coefficient (Wildman–Crippen LogP) is 1.97.